The molecule has 1 aromatic carbocycles. The zero-order chi connectivity index (χ0) is 45.2. The molecule has 0 spiro atoms. The second kappa shape index (κ2) is 19.4. The SMILES string of the molecule is [B]P1(=O)OC[C@H]2O[C@@H](n3cnc4c(N)ncnc43)[C@H](F)[C@@H]2O[P@](=O)(SCc2ccc(NC(=O)CNC(=O)CCCCCN)cc2)OC[C@H]2O[C@@H](n3cnc4c(N)ncnc43)[C@H](F)[C@@H]2O1. The van der Waals surface area contributed by atoms with Gasteiger partial charge in [-0.25, -0.2) is 43.2 Å². The Morgan fingerprint density at radius 2 is 1.38 bits per heavy atom. The van der Waals surface area contributed by atoms with E-state index in [9.17, 15) is 18.7 Å². The Morgan fingerprint density at radius 1 is 0.797 bits per heavy atom. The van der Waals surface area contributed by atoms with Gasteiger partial charge in [0.15, 0.2) is 47.7 Å². The maximum atomic E-state index is 16.8. The number of hydrogen-bond donors (Lipinski definition) is 5. The fourth-order valence-electron chi connectivity index (χ4n) is 7.17. The van der Waals surface area contributed by atoms with Gasteiger partial charge < -0.3 is 46.4 Å². The van der Waals surface area contributed by atoms with Gasteiger partial charge in [0, 0.05) is 17.9 Å². The average molecular weight is 948 g/mol. The zero-order valence-corrected chi connectivity index (χ0v) is 36.2. The van der Waals surface area contributed by atoms with E-state index in [1.807, 2.05) is 0 Å². The van der Waals surface area contributed by atoms with Crippen LogP contribution in [0.1, 0.15) is 43.7 Å². The highest BCUT2D eigenvalue weighted by Gasteiger charge is 2.54. The largest absolute Gasteiger partial charge is 0.389 e. The molecule has 3 saturated heterocycles. The van der Waals surface area contributed by atoms with Crippen LogP contribution in [0.3, 0.4) is 0 Å². The first-order valence-electron chi connectivity index (χ1n) is 19.8. The smallest absolute Gasteiger partial charge is 0.382 e. The van der Waals surface area contributed by atoms with Gasteiger partial charge in [-0.3, -0.25) is 32.3 Å². The lowest BCUT2D eigenvalue weighted by Crippen LogP contribution is -2.37. The van der Waals surface area contributed by atoms with Crippen molar-refractivity contribution in [3.63, 3.8) is 0 Å². The van der Waals surface area contributed by atoms with Crippen molar-refractivity contribution in [1.29, 1.82) is 0 Å². The molecule has 10 atom stereocenters. The van der Waals surface area contributed by atoms with Crippen LogP contribution in [0.15, 0.2) is 49.6 Å². The summed E-state index contributed by atoms with van der Waals surface area (Å²) in [6.45, 7) is -5.71. The molecule has 0 aliphatic carbocycles. The number of nitrogens with zero attached hydrogens (tertiary/aromatic N) is 8. The molecule has 8 rings (SSSR count). The first-order chi connectivity index (χ1) is 30.7. The Labute approximate surface area is 367 Å². The van der Waals surface area contributed by atoms with Gasteiger partial charge in [-0.2, -0.15) is 0 Å². The third-order valence-electron chi connectivity index (χ3n) is 10.4. The number of alkyl halides is 2. The first-order valence-corrected chi connectivity index (χ1v) is 24.6. The van der Waals surface area contributed by atoms with Crippen LogP contribution in [0.2, 0.25) is 0 Å². The molecule has 3 fully saturated rings. The van der Waals surface area contributed by atoms with Crippen molar-refractivity contribution in [2.45, 2.75) is 80.7 Å². The number of fused-ring (bicyclic) bond motifs is 4. The number of rotatable bonds is 13. The molecule has 23 nitrogen and oxygen atoms in total. The van der Waals surface area contributed by atoms with E-state index in [1.165, 1.54) is 21.8 Å². The summed E-state index contributed by atoms with van der Waals surface area (Å²) in [7, 11) is 1.30. The van der Waals surface area contributed by atoms with Gasteiger partial charge in [0.05, 0.1) is 32.4 Å². The molecule has 0 bridgehead atoms. The number of nitrogens with one attached hydrogen (secondary N) is 2. The Bertz CT molecular complexity index is 2590. The summed E-state index contributed by atoms with van der Waals surface area (Å²) < 4.78 is 99.5. The summed E-state index contributed by atoms with van der Waals surface area (Å²) in [5.41, 5.74) is 18.9. The average Bonchev–Trinajstić information content (AvgIpc) is 4.04. The van der Waals surface area contributed by atoms with Gasteiger partial charge in [0.25, 0.3) is 7.47 Å². The van der Waals surface area contributed by atoms with Crippen LogP contribution in [0.25, 0.3) is 22.3 Å². The van der Waals surface area contributed by atoms with Crippen molar-refractivity contribution < 1.29 is 55.1 Å². The summed E-state index contributed by atoms with van der Waals surface area (Å²) >= 11 is 0.669. The molecule has 64 heavy (non-hydrogen) atoms. The van der Waals surface area contributed by atoms with Gasteiger partial charge in [0.2, 0.25) is 19.4 Å². The quantitative estimate of drug-likeness (QED) is 0.0643. The highest BCUT2D eigenvalue weighted by atomic mass is 32.7. The normalized spacial score (nSPS) is 29.7. The summed E-state index contributed by atoms with van der Waals surface area (Å²) in [5.74, 6) is -0.724. The van der Waals surface area contributed by atoms with Crippen LogP contribution in [-0.4, -0.2) is 121 Å². The van der Waals surface area contributed by atoms with E-state index in [2.05, 4.69) is 40.5 Å². The molecule has 3 aliphatic rings. The second-order valence-corrected chi connectivity index (χ2v) is 20.4. The Balaban J connectivity index is 1.02. The molecule has 5 aromatic rings. The topological polar surface area (TPSA) is 313 Å². The molecule has 2 radical (unpaired) electrons. The van der Waals surface area contributed by atoms with E-state index in [0.29, 0.717) is 35.6 Å². The van der Waals surface area contributed by atoms with Crippen molar-refractivity contribution in [3.8, 4) is 0 Å². The molecule has 2 amide bonds. The molecule has 8 N–H and O–H groups in total. The molecule has 7 heterocycles. The van der Waals surface area contributed by atoms with Crippen molar-refractivity contribution in [1.82, 2.24) is 44.4 Å². The van der Waals surface area contributed by atoms with Crippen LogP contribution in [0.5, 0.6) is 0 Å². The van der Waals surface area contributed by atoms with Crippen molar-refractivity contribution in [2.24, 2.45) is 5.73 Å². The molecule has 1 unspecified atom stereocenters. The van der Waals surface area contributed by atoms with Crippen molar-refractivity contribution in [2.75, 3.05) is 43.1 Å². The molecule has 29 heteroatoms. The van der Waals surface area contributed by atoms with E-state index in [0.717, 1.165) is 25.5 Å². The number of nitrogen functional groups attached to an aromatic ring is 2. The number of anilines is 3. The monoisotopic (exact) mass is 947 g/mol. The first kappa shape index (κ1) is 45.9. The van der Waals surface area contributed by atoms with Gasteiger partial charge >= 0.3 is 6.80 Å². The number of amides is 2. The highest BCUT2D eigenvalue weighted by molar-refractivity contribution is 8.54. The lowest BCUT2D eigenvalue weighted by atomic mass is 10.1. The minimum absolute atomic E-state index is 0.0164. The van der Waals surface area contributed by atoms with Gasteiger partial charge in [0.1, 0.15) is 48.1 Å². The molecule has 3 aliphatic heterocycles. The van der Waals surface area contributed by atoms with E-state index >= 15 is 8.78 Å². The minimum atomic E-state index is -4.70. The molecule has 340 valence electrons. The number of halogens is 2. The number of unbranched alkanes of at least 4 members (excludes halogenated alkanes) is 2. The van der Waals surface area contributed by atoms with Gasteiger partial charge in [-0.05, 0) is 48.5 Å². The molecular weight excluding hydrogens is 905 g/mol. The number of ether oxygens (including phenoxy) is 2. The van der Waals surface area contributed by atoms with E-state index in [-0.39, 0.29) is 58.6 Å². The summed E-state index contributed by atoms with van der Waals surface area (Å²) in [4.78, 5) is 49.0. The number of carbonyl (C=O) groups excluding carboxylic acids is 2. The van der Waals surface area contributed by atoms with Gasteiger partial charge in [-0.1, -0.05) is 18.6 Å². The van der Waals surface area contributed by atoms with E-state index in [1.54, 1.807) is 24.3 Å². The molecular formula is C35H42BF2N13O10P2S. The predicted octanol–water partition coefficient (Wildman–Crippen LogP) is 3.01. The van der Waals surface area contributed by atoms with Crippen LogP contribution >= 0.6 is 25.7 Å². The minimum Gasteiger partial charge on any atom is -0.382 e. The number of hydrogen-bond acceptors (Lipinski definition) is 20. The third kappa shape index (κ3) is 10.1. The van der Waals surface area contributed by atoms with E-state index in [4.69, 9.17) is 52.3 Å². The Kier molecular flexibility index (Phi) is 13.9. The standard InChI is InChI=1S/C35H42BF2N13O10P2S/c36-62(54)56-11-20-29(25(38)35(58-20)51-17-48-27-31(41)44-15-46-33(27)51)61-63(55,64-13-18-5-7-19(8-6-18)49-23(53)10-42-22(52)4-2-1-3-9-39)57-12-21-28(60-62)24(37)34(59-21)50-16-47-26-30(40)43-14-45-32(26)50/h5-8,14-17,20-21,24-25,28-29,34-35H,1-4,9-13,39H2,(H,42,52)(H,49,53)(H2,40,43,45)(H2,41,44,46)/t20-,21-,24-,25-,28-,29-,34-,35-,62?,63-/m1/s1. The maximum Gasteiger partial charge on any atom is 0.389 e. The summed E-state index contributed by atoms with van der Waals surface area (Å²) in [5, 5.41) is 5.28. The van der Waals surface area contributed by atoms with Crippen LogP contribution in [0.4, 0.5) is 26.1 Å². The summed E-state index contributed by atoms with van der Waals surface area (Å²) in [6.07, 6.45) is -6.42. The third-order valence-corrected chi connectivity index (χ3v) is 15.1. The maximum absolute atomic E-state index is 16.8. The highest BCUT2D eigenvalue weighted by Crippen LogP contribution is 2.65. The van der Waals surface area contributed by atoms with E-state index < -0.39 is 82.6 Å². The van der Waals surface area contributed by atoms with Gasteiger partial charge in [-0.15, -0.1) is 0 Å². The molecule has 0 saturated carbocycles. The van der Waals surface area contributed by atoms with Crippen molar-refractivity contribution in [3.05, 3.63) is 55.1 Å². The lowest BCUT2D eigenvalue weighted by molar-refractivity contribution is -0.124. The Hall–Kier alpha value is -4.69. The predicted molar refractivity (Wildman–Crippen MR) is 227 cm³/mol. The number of aromatic nitrogens is 8. The fraction of sp³-hybridized carbons (Fsp3) is 0.486. The van der Waals surface area contributed by atoms with Crippen LogP contribution in [-0.2, 0) is 52.0 Å². The second-order valence-electron chi connectivity index (χ2n) is 14.8. The van der Waals surface area contributed by atoms with Crippen LogP contribution in [0, 0.1) is 0 Å². The fourth-order valence-corrected chi connectivity index (χ4v) is 11.6. The number of carbonyl (C=O) groups is 2. The van der Waals surface area contributed by atoms with Crippen molar-refractivity contribution >= 4 is 84.7 Å². The number of imidazole rings is 2. The Morgan fingerprint density at radius 3 is 1.97 bits per heavy atom. The number of nitrogens with two attached hydrogens (primary N) is 3. The molecule has 4 aromatic heterocycles. The lowest BCUT2D eigenvalue weighted by Gasteiger charge is -2.30. The van der Waals surface area contributed by atoms with Crippen LogP contribution < -0.4 is 27.8 Å². The zero-order valence-electron chi connectivity index (χ0n) is 33.6. The summed E-state index contributed by atoms with van der Waals surface area (Å²) in [6, 6.07) is 6.45. The number of benzene rings is 1.